The number of likely N-dealkylation sites (N-methyl/N-ethyl adjacent to an activating group) is 1. The third kappa shape index (κ3) is 39.2. The van der Waals surface area contributed by atoms with Crippen molar-refractivity contribution in [1.29, 1.82) is 0 Å². The number of amides is 1. The summed E-state index contributed by atoms with van der Waals surface area (Å²) in [7, 11) is 1.28. The summed E-state index contributed by atoms with van der Waals surface area (Å²) in [6.07, 6.45) is 43.2. The quantitative estimate of drug-likeness (QED) is 0.0277. The van der Waals surface area contributed by atoms with E-state index >= 15 is 0 Å². The second-order valence-corrected chi connectivity index (χ2v) is 18.2. The number of quaternary nitrogens is 1. The first-order valence-electron chi connectivity index (χ1n) is 22.7. The van der Waals surface area contributed by atoms with Crippen LogP contribution in [0.5, 0.6) is 0 Å². The zero-order valence-electron chi connectivity index (χ0n) is 36.2. The number of hydrogen-bond acceptors (Lipinski definition) is 6. The number of phosphoric ester groups is 1. The number of aliphatic hydroxyl groups is 1. The molecule has 1 unspecified atom stereocenters. The van der Waals surface area contributed by atoms with Gasteiger partial charge in [-0.25, -0.2) is 0 Å². The largest absolute Gasteiger partial charge is 0.756 e. The summed E-state index contributed by atoms with van der Waals surface area (Å²) < 4.78 is 23.2. The first kappa shape index (κ1) is 53.0. The van der Waals surface area contributed by atoms with Crippen molar-refractivity contribution in [3.63, 3.8) is 0 Å². The van der Waals surface area contributed by atoms with Crippen LogP contribution in [0.1, 0.15) is 206 Å². The van der Waals surface area contributed by atoms with Gasteiger partial charge in [-0.15, -0.1) is 0 Å². The van der Waals surface area contributed by atoms with Crippen LogP contribution in [0.2, 0.25) is 0 Å². The van der Waals surface area contributed by atoms with Gasteiger partial charge in [-0.05, 0) is 64.2 Å². The van der Waals surface area contributed by atoms with Crippen molar-refractivity contribution in [3.8, 4) is 0 Å². The molecule has 0 aromatic rings. The maximum Gasteiger partial charge on any atom is 0.268 e. The SMILES string of the molecule is CCCCCCCC/C=C/CCCCCCCC(=O)N[C@@H](COP(=O)([O-])OCC[N+](C)(C)C)[C@H](O)CCCC/C=C/CCCCCCCCCCCCC. The number of carbonyl (C=O) groups excluding carboxylic acids is 1. The Bertz CT molecular complexity index is 938. The van der Waals surface area contributed by atoms with Crippen molar-refractivity contribution < 1.29 is 32.9 Å². The molecule has 1 amide bonds. The number of nitrogens with one attached hydrogen (secondary N) is 1. The molecule has 320 valence electrons. The van der Waals surface area contributed by atoms with Crippen molar-refractivity contribution in [2.24, 2.45) is 0 Å². The Labute approximate surface area is 334 Å². The van der Waals surface area contributed by atoms with Crippen molar-refractivity contribution >= 4 is 13.7 Å². The van der Waals surface area contributed by atoms with Crippen molar-refractivity contribution in [1.82, 2.24) is 5.32 Å². The van der Waals surface area contributed by atoms with Gasteiger partial charge in [0.15, 0.2) is 0 Å². The highest BCUT2D eigenvalue weighted by Gasteiger charge is 2.24. The number of aliphatic hydroxyl groups excluding tert-OH is 1. The van der Waals surface area contributed by atoms with Crippen LogP contribution >= 0.6 is 7.82 Å². The summed E-state index contributed by atoms with van der Waals surface area (Å²) >= 11 is 0. The highest BCUT2D eigenvalue weighted by molar-refractivity contribution is 7.45. The Hall–Kier alpha value is -1.02. The molecule has 0 aliphatic heterocycles. The van der Waals surface area contributed by atoms with Crippen LogP contribution in [0, 0.1) is 0 Å². The number of phosphoric acid groups is 1. The molecule has 0 aromatic heterocycles. The predicted molar refractivity (Wildman–Crippen MR) is 228 cm³/mol. The minimum atomic E-state index is -4.57. The van der Waals surface area contributed by atoms with Gasteiger partial charge in [-0.3, -0.25) is 9.36 Å². The van der Waals surface area contributed by atoms with Crippen LogP contribution in [0.25, 0.3) is 0 Å². The number of hydrogen-bond donors (Lipinski definition) is 2. The minimum Gasteiger partial charge on any atom is -0.756 e. The highest BCUT2D eigenvalue weighted by Crippen LogP contribution is 2.38. The molecule has 0 saturated heterocycles. The van der Waals surface area contributed by atoms with Gasteiger partial charge in [0.05, 0.1) is 39.9 Å². The van der Waals surface area contributed by atoms with Crippen LogP contribution in [0.15, 0.2) is 24.3 Å². The molecule has 0 heterocycles. The molecule has 0 bridgehead atoms. The molecule has 0 spiro atoms. The normalized spacial score (nSPS) is 14.6. The Morgan fingerprint density at radius 3 is 1.44 bits per heavy atom. The van der Waals surface area contributed by atoms with Gasteiger partial charge >= 0.3 is 0 Å². The molecule has 54 heavy (non-hydrogen) atoms. The first-order chi connectivity index (χ1) is 26.0. The summed E-state index contributed by atoms with van der Waals surface area (Å²) in [5, 5.41) is 13.9. The van der Waals surface area contributed by atoms with Gasteiger partial charge in [-0.2, -0.15) is 0 Å². The van der Waals surface area contributed by atoms with E-state index in [9.17, 15) is 19.4 Å². The van der Waals surface area contributed by atoms with Crippen molar-refractivity contribution in [2.45, 2.75) is 219 Å². The fourth-order valence-corrected chi connectivity index (χ4v) is 7.22. The number of unbranched alkanes of at least 4 members (excludes halogenated alkanes) is 24. The molecule has 0 aliphatic rings. The standard InChI is InChI=1S/C45H89N2O6P/c1-6-8-10-12-14-16-18-20-22-23-25-26-28-30-32-34-36-38-44(48)43(42-53-54(50,51)52-41-40-47(3,4)5)46-45(49)39-37-35-33-31-29-27-24-21-19-17-15-13-11-9-7-2/h21,24,28,30,43-44,48H,6-20,22-23,25-27,29,31-42H2,1-5H3,(H-,46,49,50,51)/b24-21+,30-28+/t43-,44+/m0/s1. The average molecular weight is 785 g/mol. The summed E-state index contributed by atoms with van der Waals surface area (Å²) in [6.45, 7) is 4.69. The molecule has 0 aromatic carbocycles. The summed E-state index contributed by atoms with van der Waals surface area (Å²) in [4.78, 5) is 25.3. The van der Waals surface area contributed by atoms with E-state index in [1.54, 1.807) is 0 Å². The van der Waals surface area contributed by atoms with E-state index in [2.05, 4.69) is 43.5 Å². The van der Waals surface area contributed by atoms with E-state index in [-0.39, 0.29) is 19.1 Å². The zero-order valence-corrected chi connectivity index (χ0v) is 37.1. The third-order valence-electron chi connectivity index (χ3n) is 10.2. The topological polar surface area (TPSA) is 108 Å². The van der Waals surface area contributed by atoms with Crippen LogP contribution in [0.3, 0.4) is 0 Å². The summed E-state index contributed by atoms with van der Waals surface area (Å²) in [5.41, 5.74) is 0. The van der Waals surface area contributed by atoms with Gasteiger partial charge < -0.3 is 28.8 Å². The maximum atomic E-state index is 12.9. The van der Waals surface area contributed by atoms with Crippen LogP contribution in [-0.2, 0) is 18.4 Å². The molecule has 0 saturated carbocycles. The Balaban J connectivity index is 4.41. The van der Waals surface area contributed by atoms with Gasteiger partial charge in [0, 0.05) is 6.42 Å². The Kier molecular flexibility index (Phi) is 36.8. The Morgan fingerprint density at radius 1 is 0.630 bits per heavy atom. The van der Waals surface area contributed by atoms with Crippen molar-refractivity contribution in [3.05, 3.63) is 24.3 Å². The molecule has 2 N–H and O–H groups in total. The molecule has 8 nitrogen and oxygen atoms in total. The molecule has 0 fully saturated rings. The molecule has 9 heteroatoms. The van der Waals surface area contributed by atoms with E-state index < -0.39 is 20.0 Å². The number of rotatable bonds is 41. The van der Waals surface area contributed by atoms with Gasteiger partial charge in [0.1, 0.15) is 13.2 Å². The second kappa shape index (κ2) is 37.6. The number of nitrogens with zero attached hydrogens (tertiary/aromatic N) is 1. The van der Waals surface area contributed by atoms with Crippen LogP contribution in [0.4, 0.5) is 0 Å². The molecule has 0 rings (SSSR count). The maximum absolute atomic E-state index is 12.9. The second-order valence-electron chi connectivity index (χ2n) is 16.7. The lowest BCUT2D eigenvalue weighted by molar-refractivity contribution is -0.870. The van der Waals surface area contributed by atoms with Gasteiger partial charge in [-0.1, -0.05) is 160 Å². The van der Waals surface area contributed by atoms with E-state index in [1.165, 1.54) is 122 Å². The molecule has 3 atom stereocenters. The lowest BCUT2D eigenvalue weighted by atomic mass is 10.0. The van der Waals surface area contributed by atoms with Gasteiger partial charge in [0.25, 0.3) is 7.82 Å². The van der Waals surface area contributed by atoms with E-state index in [0.717, 1.165) is 57.8 Å². The van der Waals surface area contributed by atoms with E-state index in [0.29, 0.717) is 23.9 Å². The molecular weight excluding hydrogens is 695 g/mol. The summed E-state index contributed by atoms with van der Waals surface area (Å²) in [6, 6.07) is -0.818. The average Bonchev–Trinajstić information content (AvgIpc) is 3.12. The molecule has 0 radical (unpaired) electrons. The fraction of sp³-hybridized carbons (Fsp3) is 0.889. The van der Waals surface area contributed by atoms with E-state index in [4.69, 9.17) is 9.05 Å². The monoisotopic (exact) mass is 785 g/mol. The zero-order chi connectivity index (χ0) is 40.0. The lowest BCUT2D eigenvalue weighted by Gasteiger charge is -2.30. The lowest BCUT2D eigenvalue weighted by Crippen LogP contribution is -2.46. The highest BCUT2D eigenvalue weighted by atomic mass is 31.2. The van der Waals surface area contributed by atoms with Gasteiger partial charge in [0.2, 0.25) is 5.91 Å². The van der Waals surface area contributed by atoms with Crippen molar-refractivity contribution in [2.75, 3.05) is 40.9 Å². The van der Waals surface area contributed by atoms with Crippen LogP contribution in [-0.4, -0.2) is 68.5 Å². The molecular formula is C45H89N2O6P. The fourth-order valence-electron chi connectivity index (χ4n) is 6.50. The molecule has 0 aliphatic carbocycles. The summed E-state index contributed by atoms with van der Waals surface area (Å²) in [5.74, 6) is -0.183. The van der Waals surface area contributed by atoms with Crippen LogP contribution < -0.4 is 10.2 Å². The third-order valence-corrected chi connectivity index (χ3v) is 11.1. The smallest absolute Gasteiger partial charge is 0.268 e. The predicted octanol–water partition coefficient (Wildman–Crippen LogP) is 11.9. The minimum absolute atomic E-state index is 0.00606. The number of carbonyl (C=O) groups is 1. The number of allylic oxidation sites excluding steroid dienone is 4. The Morgan fingerprint density at radius 2 is 1.02 bits per heavy atom. The van der Waals surface area contributed by atoms with E-state index in [1.807, 2.05) is 21.1 Å². The first-order valence-corrected chi connectivity index (χ1v) is 24.1.